The number of pyridine rings is 1. The number of amides is 2. The number of piperazine rings is 1. The van der Waals surface area contributed by atoms with E-state index < -0.39 is 22.0 Å². The SMILES string of the molecule is NC(=O)CC1CN(S(=O)(=O)c2ccc3cc(Cl)ccc3c2)CCN1C(=O)c1ccc(-c2ccccn2)cc1. The third kappa shape index (κ3) is 5.26. The van der Waals surface area contributed by atoms with Crippen LogP contribution in [0.5, 0.6) is 0 Å². The highest BCUT2D eigenvalue weighted by Gasteiger charge is 2.37. The van der Waals surface area contributed by atoms with E-state index in [0.29, 0.717) is 10.6 Å². The fourth-order valence-corrected chi connectivity index (χ4v) is 6.39. The summed E-state index contributed by atoms with van der Waals surface area (Å²) in [6, 6.07) is 22.0. The predicted octanol–water partition coefficient (Wildman–Crippen LogP) is 3.95. The molecule has 0 saturated carbocycles. The van der Waals surface area contributed by atoms with Crippen LogP contribution in [0.3, 0.4) is 0 Å². The molecule has 10 heteroatoms. The second-order valence-electron chi connectivity index (χ2n) is 9.13. The summed E-state index contributed by atoms with van der Waals surface area (Å²) < 4.78 is 28.4. The van der Waals surface area contributed by atoms with E-state index in [1.54, 1.807) is 48.7 Å². The van der Waals surface area contributed by atoms with Crippen molar-refractivity contribution in [1.29, 1.82) is 0 Å². The van der Waals surface area contributed by atoms with Crippen LogP contribution in [0.15, 0.2) is 90.0 Å². The average molecular weight is 549 g/mol. The number of benzene rings is 3. The van der Waals surface area contributed by atoms with Gasteiger partial charge in [0.05, 0.1) is 16.6 Å². The quantitative estimate of drug-likeness (QED) is 0.392. The van der Waals surface area contributed by atoms with Crippen LogP contribution in [0, 0.1) is 0 Å². The number of nitrogens with zero attached hydrogens (tertiary/aromatic N) is 3. The molecule has 1 aromatic heterocycles. The summed E-state index contributed by atoms with van der Waals surface area (Å²) in [6.07, 6.45) is 1.55. The Morgan fingerprint density at radius 1 is 0.947 bits per heavy atom. The molecule has 38 heavy (non-hydrogen) atoms. The van der Waals surface area contributed by atoms with Crippen LogP contribution < -0.4 is 5.73 Å². The van der Waals surface area contributed by atoms with Gasteiger partial charge in [-0.1, -0.05) is 41.9 Å². The molecule has 3 aromatic carbocycles. The summed E-state index contributed by atoms with van der Waals surface area (Å²) >= 11 is 6.05. The van der Waals surface area contributed by atoms with Gasteiger partial charge in [-0.25, -0.2) is 8.42 Å². The standard InChI is InChI=1S/C28H25ClN4O4S/c29-23-10-8-22-16-25(11-9-21(22)15-23)38(36,37)32-13-14-33(24(18-32)17-27(30)34)28(35)20-6-4-19(5-7-20)26-3-1-2-12-31-26/h1-12,15-16,24H,13-14,17-18H2,(H2,30,34). The first kappa shape index (κ1) is 25.8. The number of fused-ring (bicyclic) bond motifs is 1. The molecular formula is C28H25ClN4O4S. The second-order valence-corrected chi connectivity index (χ2v) is 11.5. The van der Waals surface area contributed by atoms with E-state index in [1.165, 1.54) is 15.3 Å². The van der Waals surface area contributed by atoms with Crippen molar-refractivity contribution in [3.05, 3.63) is 95.6 Å². The number of nitrogens with two attached hydrogens (primary N) is 1. The number of hydrogen-bond donors (Lipinski definition) is 1. The lowest BCUT2D eigenvalue weighted by Gasteiger charge is -2.40. The van der Waals surface area contributed by atoms with Crippen LogP contribution in [-0.4, -0.2) is 60.1 Å². The smallest absolute Gasteiger partial charge is 0.254 e. The summed E-state index contributed by atoms with van der Waals surface area (Å²) in [7, 11) is -3.88. The molecule has 1 aliphatic rings. The van der Waals surface area contributed by atoms with Gasteiger partial charge in [0.25, 0.3) is 5.91 Å². The molecule has 1 atom stereocenters. The molecule has 8 nitrogen and oxygen atoms in total. The van der Waals surface area contributed by atoms with Crippen LogP contribution in [0.25, 0.3) is 22.0 Å². The van der Waals surface area contributed by atoms with E-state index >= 15 is 0 Å². The number of sulfonamides is 1. The fourth-order valence-electron chi connectivity index (χ4n) is 4.71. The van der Waals surface area contributed by atoms with Gasteiger partial charge in [0.2, 0.25) is 15.9 Å². The number of carbonyl (C=O) groups is 2. The second kappa shape index (κ2) is 10.5. The summed E-state index contributed by atoms with van der Waals surface area (Å²) in [5.74, 6) is -0.899. The van der Waals surface area contributed by atoms with Crippen LogP contribution in [0.4, 0.5) is 0 Å². The average Bonchev–Trinajstić information content (AvgIpc) is 2.92. The Hall–Kier alpha value is -3.79. The molecule has 0 radical (unpaired) electrons. The van der Waals surface area contributed by atoms with Crippen molar-refractivity contribution in [2.75, 3.05) is 19.6 Å². The number of rotatable bonds is 6. The maximum atomic E-state index is 13.5. The number of carbonyl (C=O) groups excluding carboxylic acids is 2. The van der Waals surface area contributed by atoms with Gasteiger partial charge in [-0.3, -0.25) is 14.6 Å². The third-order valence-electron chi connectivity index (χ3n) is 6.65. The van der Waals surface area contributed by atoms with Gasteiger partial charge in [0.1, 0.15) is 0 Å². The van der Waals surface area contributed by atoms with Crippen LogP contribution in [-0.2, 0) is 14.8 Å². The Morgan fingerprint density at radius 2 is 1.68 bits per heavy atom. The molecule has 1 saturated heterocycles. The van der Waals surface area contributed by atoms with Gasteiger partial charge in [0.15, 0.2) is 0 Å². The lowest BCUT2D eigenvalue weighted by molar-refractivity contribution is -0.119. The van der Waals surface area contributed by atoms with E-state index in [-0.39, 0.29) is 36.9 Å². The summed E-state index contributed by atoms with van der Waals surface area (Å²) in [4.78, 5) is 31.3. The molecule has 4 aromatic rings. The summed E-state index contributed by atoms with van der Waals surface area (Å²) in [5, 5.41) is 2.13. The van der Waals surface area contributed by atoms with Crippen molar-refractivity contribution in [1.82, 2.24) is 14.2 Å². The van der Waals surface area contributed by atoms with Crippen molar-refractivity contribution < 1.29 is 18.0 Å². The molecule has 5 rings (SSSR count). The van der Waals surface area contributed by atoms with Crippen molar-refractivity contribution in [3.8, 4) is 11.3 Å². The molecule has 194 valence electrons. The van der Waals surface area contributed by atoms with E-state index in [9.17, 15) is 18.0 Å². The predicted molar refractivity (Wildman–Crippen MR) is 146 cm³/mol. The molecule has 0 spiro atoms. The van der Waals surface area contributed by atoms with Gasteiger partial charge in [-0.15, -0.1) is 0 Å². The van der Waals surface area contributed by atoms with Crippen LogP contribution >= 0.6 is 11.6 Å². The zero-order chi connectivity index (χ0) is 26.9. The first-order valence-corrected chi connectivity index (χ1v) is 13.8. The van der Waals surface area contributed by atoms with Gasteiger partial charge in [-0.05, 0) is 59.3 Å². The normalized spacial score (nSPS) is 16.4. The van der Waals surface area contributed by atoms with Crippen molar-refractivity contribution in [2.24, 2.45) is 5.73 Å². The first-order chi connectivity index (χ1) is 18.2. The summed E-state index contributed by atoms with van der Waals surface area (Å²) in [5.41, 5.74) is 7.57. The molecule has 2 amide bonds. The lowest BCUT2D eigenvalue weighted by atomic mass is 10.0. The maximum absolute atomic E-state index is 13.5. The van der Waals surface area contributed by atoms with Gasteiger partial charge < -0.3 is 10.6 Å². The highest BCUT2D eigenvalue weighted by Crippen LogP contribution is 2.27. The molecule has 2 N–H and O–H groups in total. The Kier molecular flexibility index (Phi) is 7.16. The minimum Gasteiger partial charge on any atom is -0.370 e. The number of halogens is 1. The van der Waals surface area contributed by atoms with Crippen molar-refractivity contribution in [2.45, 2.75) is 17.4 Å². The Morgan fingerprint density at radius 3 is 2.39 bits per heavy atom. The number of hydrogen-bond acceptors (Lipinski definition) is 5. The Balaban J connectivity index is 1.37. The minimum atomic E-state index is -3.88. The molecule has 0 bridgehead atoms. The number of aromatic nitrogens is 1. The molecule has 0 aliphatic carbocycles. The third-order valence-corrected chi connectivity index (χ3v) is 8.74. The van der Waals surface area contributed by atoms with E-state index in [2.05, 4.69) is 4.98 Å². The fraction of sp³-hybridized carbons (Fsp3) is 0.179. The largest absolute Gasteiger partial charge is 0.370 e. The molecule has 1 aliphatic heterocycles. The summed E-state index contributed by atoms with van der Waals surface area (Å²) in [6.45, 7) is 0.177. The Bertz CT molecular complexity index is 1610. The zero-order valence-electron chi connectivity index (χ0n) is 20.3. The number of primary amides is 1. The zero-order valence-corrected chi connectivity index (χ0v) is 21.9. The van der Waals surface area contributed by atoms with E-state index in [0.717, 1.165) is 22.0 Å². The molecule has 1 fully saturated rings. The molecule has 2 heterocycles. The van der Waals surface area contributed by atoms with Gasteiger partial charge >= 0.3 is 0 Å². The highest BCUT2D eigenvalue weighted by atomic mass is 35.5. The maximum Gasteiger partial charge on any atom is 0.254 e. The molecule has 1 unspecified atom stereocenters. The first-order valence-electron chi connectivity index (χ1n) is 12.0. The Labute approximate surface area is 225 Å². The van der Waals surface area contributed by atoms with Crippen molar-refractivity contribution >= 4 is 44.2 Å². The van der Waals surface area contributed by atoms with E-state index in [1.807, 2.05) is 30.3 Å². The van der Waals surface area contributed by atoms with Crippen LogP contribution in [0.1, 0.15) is 16.8 Å². The molecular weight excluding hydrogens is 524 g/mol. The topological polar surface area (TPSA) is 114 Å². The van der Waals surface area contributed by atoms with Gasteiger partial charge in [0, 0.05) is 48.4 Å². The van der Waals surface area contributed by atoms with Gasteiger partial charge in [-0.2, -0.15) is 4.31 Å². The minimum absolute atomic E-state index is 0.0400. The van der Waals surface area contributed by atoms with Crippen LogP contribution in [0.2, 0.25) is 5.02 Å². The van der Waals surface area contributed by atoms with E-state index in [4.69, 9.17) is 17.3 Å². The highest BCUT2D eigenvalue weighted by molar-refractivity contribution is 7.89. The lowest BCUT2D eigenvalue weighted by Crippen LogP contribution is -2.57. The van der Waals surface area contributed by atoms with Crippen molar-refractivity contribution in [3.63, 3.8) is 0 Å². The monoisotopic (exact) mass is 548 g/mol.